The van der Waals surface area contributed by atoms with Gasteiger partial charge in [-0.15, -0.1) is 11.3 Å². The fourth-order valence-electron chi connectivity index (χ4n) is 3.06. The molecule has 0 saturated heterocycles. The van der Waals surface area contributed by atoms with E-state index in [0.29, 0.717) is 5.82 Å². The van der Waals surface area contributed by atoms with Crippen molar-refractivity contribution in [3.05, 3.63) is 67.0 Å². The second-order valence-electron chi connectivity index (χ2n) is 6.07. The number of nitrogens with two attached hydrogens (primary N) is 1. The molecule has 5 nitrogen and oxygen atoms in total. The highest BCUT2D eigenvalue weighted by atomic mass is 32.1. The van der Waals surface area contributed by atoms with Crippen molar-refractivity contribution >= 4 is 49.8 Å². The molecule has 0 aliphatic rings. The number of H-pyrrole nitrogens is 1. The third kappa shape index (κ3) is 2.57. The molecule has 5 aromatic rings. The summed E-state index contributed by atoms with van der Waals surface area (Å²) in [5.41, 5.74) is 9.94. The Morgan fingerprint density at radius 3 is 2.73 bits per heavy atom. The van der Waals surface area contributed by atoms with Gasteiger partial charge in [0.15, 0.2) is 5.82 Å². The summed E-state index contributed by atoms with van der Waals surface area (Å²) in [7, 11) is 0. The van der Waals surface area contributed by atoms with Crippen LogP contribution in [-0.2, 0) is 0 Å². The molecule has 0 aliphatic heterocycles. The van der Waals surface area contributed by atoms with Crippen LogP contribution in [0.2, 0.25) is 0 Å². The van der Waals surface area contributed by atoms with Gasteiger partial charge in [-0.25, -0.2) is 9.97 Å². The fraction of sp³-hybridized carbons (Fsp3) is 0. The van der Waals surface area contributed by atoms with E-state index < -0.39 is 0 Å². The van der Waals surface area contributed by atoms with Crippen LogP contribution in [0, 0.1) is 0 Å². The Bertz CT molecular complexity index is 1220. The lowest BCUT2D eigenvalue weighted by atomic mass is 10.2. The molecular weight excluding hydrogens is 342 g/mol. The molecule has 0 radical (unpaired) electrons. The van der Waals surface area contributed by atoms with Crippen LogP contribution in [0.5, 0.6) is 0 Å². The molecule has 0 atom stereocenters. The predicted octanol–water partition coefficient (Wildman–Crippen LogP) is 5.17. The SMILES string of the molecule is Nc1cc2cc(Nc3ncnc4cc(-c5ccccc5)sc34)ccc2[nH]1. The van der Waals surface area contributed by atoms with E-state index in [0.717, 1.165) is 32.6 Å². The molecule has 0 bridgehead atoms. The van der Waals surface area contributed by atoms with Gasteiger partial charge in [0.1, 0.15) is 12.1 Å². The van der Waals surface area contributed by atoms with Crippen molar-refractivity contribution in [2.45, 2.75) is 0 Å². The third-order valence-corrected chi connectivity index (χ3v) is 5.45. The van der Waals surface area contributed by atoms with Crippen molar-refractivity contribution < 1.29 is 0 Å². The van der Waals surface area contributed by atoms with E-state index >= 15 is 0 Å². The Kier molecular flexibility index (Phi) is 3.36. The molecule has 3 heterocycles. The molecule has 0 aliphatic carbocycles. The summed E-state index contributed by atoms with van der Waals surface area (Å²) in [6.07, 6.45) is 1.60. The minimum absolute atomic E-state index is 0.660. The van der Waals surface area contributed by atoms with Gasteiger partial charge in [-0.2, -0.15) is 0 Å². The summed E-state index contributed by atoms with van der Waals surface area (Å²) in [6.45, 7) is 0. The lowest BCUT2D eigenvalue weighted by molar-refractivity contribution is 1.23. The maximum atomic E-state index is 5.83. The molecule has 0 fully saturated rings. The van der Waals surface area contributed by atoms with Crippen LogP contribution in [-0.4, -0.2) is 15.0 Å². The van der Waals surface area contributed by atoms with E-state index in [9.17, 15) is 0 Å². The van der Waals surface area contributed by atoms with E-state index in [4.69, 9.17) is 5.73 Å². The number of hydrogen-bond acceptors (Lipinski definition) is 5. The van der Waals surface area contributed by atoms with E-state index in [2.05, 4.69) is 44.5 Å². The number of anilines is 3. The highest BCUT2D eigenvalue weighted by molar-refractivity contribution is 7.22. The smallest absolute Gasteiger partial charge is 0.151 e. The lowest BCUT2D eigenvalue weighted by Gasteiger charge is -2.06. The zero-order valence-corrected chi connectivity index (χ0v) is 14.5. The van der Waals surface area contributed by atoms with Crippen LogP contribution < -0.4 is 11.1 Å². The topological polar surface area (TPSA) is 79.6 Å². The Balaban J connectivity index is 1.56. The first-order chi connectivity index (χ1) is 12.8. The first-order valence-electron chi connectivity index (χ1n) is 8.21. The van der Waals surface area contributed by atoms with E-state index in [-0.39, 0.29) is 0 Å². The van der Waals surface area contributed by atoms with Crippen LogP contribution in [0.1, 0.15) is 0 Å². The molecule has 6 heteroatoms. The molecule has 3 aromatic heterocycles. The quantitative estimate of drug-likeness (QED) is 0.416. The van der Waals surface area contributed by atoms with Gasteiger partial charge in [-0.05, 0) is 35.9 Å². The number of rotatable bonds is 3. The number of fused-ring (bicyclic) bond motifs is 2. The molecule has 0 spiro atoms. The van der Waals surface area contributed by atoms with Crippen LogP contribution in [0.25, 0.3) is 31.6 Å². The van der Waals surface area contributed by atoms with E-state index in [1.807, 2.05) is 36.4 Å². The van der Waals surface area contributed by atoms with Gasteiger partial charge in [0.05, 0.1) is 10.2 Å². The van der Waals surface area contributed by atoms with Gasteiger partial charge in [0.2, 0.25) is 0 Å². The molecule has 0 amide bonds. The number of benzene rings is 2. The number of aromatic amines is 1. The lowest BCUT2D eigenvalue weighted by Crippen LogP contribution is -1.94. The monoisotopic (exact) mass is 357 g/mol. The number of thiophene rings is 1. The Labute approximate surface area is 153 Å². The first kappa shape index (κ1) is 14.9. The van der Waals surface area contributed by atoms with Crippen LogP contribution in [0.15, 0.2) is 67.0 Å². The number of nitrogen functional groups attached to an aromatic ring is 1. The number of aromatic nitrogens is 3. The summed E-state index contributed by atoms with van der Waals surface area (Å²) in [5.74, 6) is 1.47. The zero-order chi connectivity index (χ0) is 17.5. The summed E-state index contributed by atoms with van der Waals surface area (Å²) in [6, 6.07) is 20.4. The van der Waals surface area contributed by atoms with Gasteiger partial charge in [0.25, 0.3) is 0 Å². The molecule has 0 saturated carbocycles. The Hall–Kier alpha value is -3.38. The molecular formula is C20H15N5S. The van der Waals surface area contributed by atoms with Gasteiger partial charge in [0, 0.05) is 21.5 Å². The van der Waals surface area contributed by atoms with Gasteiger partial charge >= 0.3 is 0 Å². The zero-order valence-electron chi connectivity index (χ0n) is 13.7. The highest BCUT2D eigenvalue weighted by Crippen LogP contribution is 2.36. The molecule has 5 rings (SSSR count). The van der Waals surface area contributed by atoms with Crippen molar-refractivity contribution in [1.29, 1.82) is 0 Å². The van der Waals surface area contributed by atoms with Crippen molar-refractivity contribution in [3.63, 3.8) is 0 Å². The average molecular weight is 357 g/mol. The van der Waals surface area contributed by atoms with E-state index in [1.165, 1.54) is 10.4 Å². The predicted molar refractivity (Wildman–Crippen MR) is 109 cm³/mol. The van der Waals surface area contributed by atoms with Crippen LogP contribution in [0.4, 0.5) is 17.3 Å². The van der Waals surface area contributed by atoms with Gasteiger partial charge in [-0.3, -0.25) is 0 Å². The van der Waals surface area contributed by atoms with Gasteiger partial charge < -0.3 is 16.0 Å². The third-order valence-electron chi connectivity index (χ3n) is 4.27. The Morgan fingerprint density at radius 1 is 0.962 bits per heavy atom. The largest absolute Gasteiger partial charge is 0.385 e. The molecule has 126 valence electrons. The van der Waals surface area contributed by atoms with Crippen molar-refractivity contribution in [2.75, 3.05) is 11.1 Å². The first-order valence-corrected chi connectivity index (χ1v) is 9.03. The van der Waals surface area contributed by atoms with Crippen molar-refractivity contribution in [3.8, 4) is 10.4 Å². The Morgan fingerprint density at radius 2 is 1.85 bits per heavy atom. The maximum absolute atomic E-state index is 5.83. The van der Waals surface area contributed by atoms with Crippen LogP contribution in [0.3, 0.4) is 0 Å². The summed E-state index contributed by atoms with van der Waals surface area (Å²) in [5, 5.41) is 4.48. The minimum atomic E-state index is 0.660. The number of nitrogens with zero attached hydrogens (tertiary/aromatic N) is 2. The second kappa shape index (κ2) is 5.86. The average Bonchev–Trinajstić information content (AvgIpc) is 3.25. The van der Waals surface area contributed by atoms with E-state index in [1.54, 1.807) is 17.7 Å². The van der Waals surface area contributed by atoms with Crippen LogP contribution >= 0.6 is 11.3 Å². The van der Waals surface area contributed by atoms with Crippen molar-refractivity contribution in [2.24, 2.45) is 0 Å². The van der Waals surface area contributed by atoms with Gasteiger partial charge in [-0.1, -0.05) is 30.3 Å². The molecule has 4 N–H and O–H groups in total. The number of hydrogen-bond donors (Lipinski definition) is 3. The van der Waals surface area contributed by atoms with Crippen molar-refractivity contribution in [1.82, 2.24) is 15.0 Å². The highest BCUT2D eigenvalue weighted by Gasteiger charge is 2.11. The molecule has 2 aromatic carbocycles. The second-order valence-corrected chi connectivity index (χ2v) is 7.12. The number of nitrogens with one attached hydrogen (secondary N) is 2. The normalized spacial score (nSPS) is 11.2. The standard InChI is InChI=1S/C20H15N5S/c21-18-9-13-8-14(6-7-15(13)25-18)24-20-19-16(22-11-23-20)10-17(26-19)12-4-2-1-3-5-12/h1-11,25H,21H2,(H,22,23,24). The summed E-state index contributed by atoms with van der Waals surface area (Å²) >= 11 is 1.69. The molecule has 0 unspecified atom stereocenters. The summed E-state index contributed by atoms with van der Waals surface area (Å²) < 4.78 is 1.04. The maximum Gasteiger partial charge on any atom is 0.151 e. The molecule has 26 heavy (non-hydrogen) atoms. The summed E-state index contributed by atoms with van der Waals surface area (Å²) in [4.78, 5) is 13.2. The minimum Gasteiger partial charge on any atom is -0.385 e. The fourth-order valence-corrected chi connectivity index (χ4v) is 4.12.